The molecular formula is C17H29N3O3. The Labute approximate surface area is 138 Å². The lowest BCUT2D eigenvalue weighted by Crippen LogP contribution is -2.45. The van der Waals surface area contributed by atoms with Crippen molar-refractivity contribution in [2.45, 2.75) is 51.1 Å². The molecule has 2 heterocycles. The fourth-order valence-electron chi connectivity index (χ4n) is 3.75. The summed E-state index contributed by atoms with van der Waals surface area (Å²) in [6.45, 7) is 7.16. The number of nitrogens with zero attached hydrogens (tertiary/aromatic N) is 3. The topological polar surface area (TPSA) is 53.1 Å². The molecule has 3 fully saturated rings. The molecule has 0 radical (unpaired) electrons. The summed E-state index contributed by atoms with van der Waals surface area (Å²) < 4.78 is 5.30. The highest BCUT2D eigenvalue weighted by Crippen LogP contribution is 2.29. The van der Waals surface area contributed by atoms with Gasteiger partial charge >= 0.3 is 0 Å². The third-order valence-corrected chi connectivity index (χ3v) is 5.28. The van der Waals surface area contributed by atoms with Crippen molar-refractivity contribution in [3.05, 3.63) is 0 Å². The minimum absolute atomic E-state index is 0.198. The summed E-state index contributed by atoms with van der Waals surface area (Å²) in [5.74, 6) is 0.438. The number of carbonyl (C=O) groups excluding carboxylic acids is 2. The number of hydrogen-bond acceptors (Lipinski definition) is 4. The van der Waals surface area contributed by atoms with Gasteiger partial charge < -0.3 is 14.5 Å². The van der Waals surface area contributed by atoms with E-state index in [1.807, 2.05) is 9.80 Å². The first kappa shape index (κ1) is 16.7. The SMILES string of the molecule is CC(=O)N(CC1CCCN1CCC(=O)N1CCOCC1)C1CC1. The average Bonchev–Trinajstić information content (AvgIpc) is 3.30. The Morgan fingerprint density at radius 1 is 1.13 bits per heavy atom. The molecule has 130 valence electrons. The summed E-state index contributed by atoms with van der Waals surface area (Å²) >= 11 is 0. The first-order valence-electron chi connectivity index (χ1n) is 9.02. The maximum absolute atomic E-state index is 12.3. The molecule has 6 heteroatoms. The molecule has 2 amide bonds. The lowest BCUT2D eigenvalue weighted by molar-refractivity contribution is -0.136. The molecule has 2 aliphatic heterocycles. The minimum atomic E-state index is 0.198. The van der Waals surface area contributed by atoms with E-state index in [-0.39, 0.29) is 11.8 Å². The van der Waals surface area contributed by atoms with Gasteiger partial charge in [-0.2, -0.15) is 0 Å². The molecule has 3 aliphatic rings. The van der Waals surface area contributed by atoms with Crippen LogP contribution in [0.1, 0.15) is 39.0 Å². The van der Waals surface area contributed by atoms with Crippen molar-refractivity contribution in [2.75, 3.05) is 45.9 Å². The predicted molar refractivity (Wildman–Crippen MR) is 87.0 cm³/mol. The zero-order valence-corrected chi connectivity index (χ0v) is 14.2. The van der Waals surface area contributed by atoms with Crippen LogP contribution in [0.5, 0.6) is 0 Å². The molecule has 1 saturated carbocycles. The van der Waals surface area contributed by atoms with Gasteiger partial charge in [-0.05, 0) is 32.2 Å². The number of morpholine rings is 1. The van der Waals surface area contributed by atoms with Gasteiger partial charge in [-0.15, -0.1) is 0 Å². The monoisotopic (exact) mass is 323 g/mol. The van der Waals surface area contributed by atoms with Crippen LogP contribution in [0.25, 0.3) is 0 Å². The maximum Gasteiger partial charge on any atom is 0.224 e. The maximum atomic E-state index is 12.3. The fraction of sp³-hybridized carbons (Fsp3) is 0.882. The van der Waals surface area contributed by atoms with Crippen LogP contribution < -0.4 is 0 Å². The van der Waals surface area contributed by atoms with Gasteiger partial charge in [0.05, 0.1) is 13.2 Å². The van der Waals surface area contributed by atoms with E-state index in [9.17, 15) is 9.59 Å². The molecule has 0 aromatic carbocycles. The first-order valence-corrected chi connectivity index (χ1v) is 9.02. The van der Waals surface area contributed by atoms with Gasteiger partial charge in [0, 0.05) is 51.6 Å². The summed E-state index contributed by atoms with van der Waals surface area (Å²) in [6, 6.07) is 0.905. The molecule has 0 aromatic rings. The fourth-order valence-corrected chi connectivity index (χ4v) is 3.75. The number of carbonyl (C=O) groups is 2. The largest absolute Gasteiger partial charge is 0.378 e. The number of amides is 2. The second kappa shape index (κ2) is 7.62. The van der Waals surface area contributed by atoms with Crippen LogP contribution in [0.2, 0.25) is 0 Å². The number of likely N-dealkylation sites (tertiary alicyclic amines) is 1. The smallest absolute Gasteiger partial charge is 0.224 e. The van der Waals surface area contributed by atoms with Gasteiger partial charge in [0.15, 0.2) is 0 Å². The second-order valence-electron chi connectivity index (χ2n) is 6.98. The quantitative estimate of drug-likeness (QED) is 0.722. The molecule has 6 nitrogen and oxygen atoms in total. The van der Waals surface area contributed by atoms with Crippen molar-refractivity contribution in [1.82, 2.24) is 14.7 Å². The molecule has 3 rings (SSSR count). The lowest BCUT2D eigenvalue weighted by Gasteiger charge is -2.31. The van der Waals surface area contributed by atoms with Crippen LogP contribution in [0.4, 0.5) is 0 Å². The number of ether oxygens (including phenoxy) is 1. The van der Waals surface area contributed by atoms with Crippen molar-refractivity contribution >= 4 is 11.8 Å². The normalized spacial score (nSPS) is 25.6. The van der Waals surface area contributed by atoms with Crippen molar-refractivity contribution in [3.8, 4) is 0 Å². The Morgan fingerprint density at radius 2 is 1.87 bits per heavy atom. The molecule has 1 aliphatic carbocycles. The van der Waals surface area contributed by atoms with Gasteiger partial charge in [-0.1, -0.05) is 0 Å². The minimum Gasteiger partial charge on any atom is -0.378 e. The van der Waals surface area contributed by atoms with E-state index in [1.54, 1.807) is 6.92 Å². The van der Waals surface area contributed by atoms with Gasteiger partial charge in [0.2, 0.25) is 11.8 Å². The van der Waals surface area contributed by atoms with Crippen LogP contribution in [0.15, 0.2) is 0 Å². The highest BCUT2D eigenvalue weighted by molar-refractivity contribution is 5.76. The molecule has 0 aromatic heterocycles. The summed E-state index contributed by atoms with van der Waals surface area (Å²) in [5, 5.41) is 0. The zero-order valence-electron chi connectivity index (χ0n) is 14.2. The molecule has 1 unspecified atom stereocenters. The van der Waals surface area contributed by atoms with Crippen LogP contribution in [-0.2, 0) is 14.3 Å². The summed E-state index contributed by atoms with van der Waals surface area (Å²) in [5.41, 5.74) is 0. The van der Waals surface area contributed by atoms with E-state index < -0.39 is 0 Å². The molecule has 2 saturated heterocycles. The average molecular weight is 323 g/mol. The Kier molecular flexibility index (Phi) is 5.54. The van der Waals surface area contributed by atoms with Gasteiger partial charge in [0.25, 0.3) is 0 Å². The van der Waals surface area contributed by atoms with E-state index >= 15 is 0 Å². The van der Waals surface area contributed by atoms with Crippen LogP contribution in [-0.4, -0.2) is 84.5 Å². The van der Waals surface area contributed by atoms with Crippen molar-refractivity contribution in [2.24, 2.45) is 0 Å². The van der Waals surface area contributed by atoms with E-state index in [1.165, 1.54) is 6.42 Å². The molecular weight excluding hydrogens is 294 g/mol. The van der Waals surface area contributed by atoms with E-state index in [2.05, 4.69) is 4.90 Å². The highest BCUT2D eigenvalue weighted by atomic mass is 16.5. The zero-order chi connectivity index (χ0) is 16.2. The highest BCUT2D eigenvalue weighted by Gasteiger charge is 2.35. The molecule has 23 heavy (non-hydrogen) atoms. The Hall–Kier alpha value is -1.14. The van der Waals surface area contributed by atoms with Crippen LogP contribution >= 0.6 is 0 Å². The van der Waals surface area contributed by atoms with E-state index in [0.717, 1.165) is 52.0 Å². The van der Waals surface area contributed by atoms with E-state index in [4.69, 9.17) is 4.74 Å². The molecule has 0 N–H and O–H groups in total. The molecule has 1 atom stereocenters. The summed E-state index contributed by atoms with van der Waals surface area (Å²) in [6.07, 6.45) is 5.21. The second-order valence-corrected chi connectivity index (χ2v) is 6.98. The Balaban J connectivity index is 1.46. The van der Waals surface area contributed by atoms with Gasteiger partial charge in [0.1, 0.15) is 0 Å². The van der Waals surface area contributed by atoms with E-state index in [0.29, 0.717) is 31.7 Å². The van der Waals surface area contributed by atoms with Gasteiger partial charge in [-0.3, -0.25) is 14.5 Å². The number of rotatable bonds is 6. The lowest BCUT2D eigenvalue weighted by atomic mass is 10.2. The van der Waals surface area contributed by atoms with Crippen LogP contribution in [0, 0.1) is 0 Å². The van der Waals surface area contributed by atoms with Crippen molar-refractivity contribution in [3.63, 3.8) is 0 Å². The summed E-state index contributed by atoms with van der Waals surface area (Å²) in [4.78, 5) is 30.5. The third-order valence-electron chi connectivity index (χ3n) is 5.28. The molecule has 0 spiro atoms. The molecule has 0 bridgehead atoms. The first-order chi connectivity index (χ1) is 11.1. The predicted octanol–water partition coefficient (Wildman–Crippen LogP) is 0.711. The van der Waals surface area contributed by atoms with Gasteiger partial charge in [-0.25, -0.2) is 0 Å². The third kappa shape index (κ3) is 4.44. The Morgan fingerprint density at radius 3 is 2.52 bits per heavy atom. The Bertz CT molecular complexity index is 433. The van der Waals surface area contributed by atoms with Crippen molar-refractivity contribution < 1.29 is 14.3 Å². The number of hydrogen-bond donors (Lipinski definition) is 0. The standard InChI is InChI=1S/C17H29N3O3/c1-14(21)20(15-4-5-15)13-16-3-2-7-18(16)8-6-17(22)19-9-11-23-12-10-19/h15-16H,2-13H2,1H3. The van der Waals surface area contributed by atoms with Crippen LogP contribution in [0.3, 0.4) is 0 Å². The summed E-state index contributed by atoms with van der Waals surface area (Å²) in [7, 11) is 0. The van der Waals surface area contributed by atoms with Crippen molar-refractivity contribution in [1.29, 1.82) is 0 Å².